The van der Waals surface area contributed by atoms with Gasteiger partial charge in [-0.3, -0.25) is 0 Å². The summed E-state index contributed by atoms with van der Waals surface area (Å²) in [4.78, 5) is 11.7. The summed E-state index contributed by atoms with van der Waals surface area (Å²) in [5, 5.41) is 18.7. The average molecular weight is 356 g/mol. The number of phenols is 1. The Hall–Kier alpha value is -2.04. The van der Waals surface area contributed by atoms with Crippen LogP contribution in [0, 0.1) is 11.3 Å². The molecule has 112 valence electrons. The van der Waals surface area contributed by atoms with Crippen molar-refractivity contribution in [2.45, 2.75) is 0 Å². The monoisotopic (exact) mass is 355 g/mol. The molecule has 0 aliphatic heterocycles. The van der Waals surface area contributed by atoms with E-state index in [9.17, 15) is 9.90 Å². The van der Waals surface area contributed by atoms with Gasteiger partial charge in [-0.25, -0.2) is 4.79 Å². The normalized spacial score (nSPS) is 10.9. The molecule has 1 N–H and O–H groups in total. The van der Waals surface area contributed by atoms with Crippen LogP contribution >= 0.6 is 15.9 Å². The van der Waals surface area contributed by atoms with Gasteiger partial charge in [0.15, 0.2) is 11.5 Å². The Balaban J connectivity index is 3.01. The number of ether oxygens (including phenoxy) is 3. The number of carbonyl (C=O) groups excluding carboxylic acids is 1. The van der Waals surface area contributed by atoms with Crippen LogP contribution in [0.2, 0.25) is 0 Å². The number of benzene rings is 1. The number of methoxy groups -OCH3 is 2. The summed E-state index contributed by atoms with van der Waals surface area (Å²) in [6, 6.07) is 4.83. The maximum Gasteiger partial charge on any atom is 0.348 e. The van der Waals surface area contributed by atoms with Gasteiger partial charge in [-0.1, -0.05) is 0 Å². The number of nitriles is 1. The highest BCUT2D eigenvalue weighted by Gasteiger charge is 2.13. The third-order valence-corrected chi connectivity index (χ3v) is 3.05. The molecule has 0 aromatic heterocycles. The third-order valence-electron chi connectivity index (χ3n) is 2.44. The van der Waals surface area contributed by atoms with Gasteiger partial charge < -0.3 is 19.3 Å². The van der Waals surface area contributed by atoms with Crippen molar-refractivity contribution in [2.75, 3.05) is 27.4 Å². The second kappa shape index (κ2) is 8.29. The van der Waals surface area contributed by atoms with Crippen LogP contribution in [0.25, 0.3) is 6.08 Å². The van der Waals surface area contributed by atoms with Crippen LogP contribution in [0.3, 0.4) is 0 Å². The fourth-order valence-corrected chi connectivity index (χ4v) is 1.89. The van der Waals surface area contributed by atoms with Crippen LogP contribution < -0.4 is 4.74 Å². The number of aromatic hydroxyl groups is 1. The SMILES string of the molecule is COCCOC(=O)/C(C#N)=C/c1cc(Br)c(O)c(OC)c1. The fraction of sp³-hybridized carbons (Fsp3) is 0.286. The number of hydrogen-bond acceptors (Lipinski definition) is 6. The van der Waals surface area contributed by atoms with E-state index in [1.54, 1.807) is 12.1 Å². The zero-order valence-electron chi connectivity index (χ0n) is 11.6. The van der Waals surface area contributed by atoms with Crippen LogP contribution in [0.5, 0.6) is 11.5 Å². The highest BCUT2D eigenvalue weighted by molar-refractivity contribution is 9.10. The lowest BCUT2D eigenvalue weighted by atomic mass is 10.1. The van der Waals surface area contributed by atoms with E-state index in [0.29, 0.717) is 10.0 Å². The topological polar surface area (TPSA) is 88.8 Å². The molecular weight excluding hydrogens is 342 g/mol. The number of nitrogens with zero attached hydrogens (tertiary/aromatic N) is 1. The molecule has 21 heavy (non-hydrogen) atoms. The van der Waals surface area contributed by atoms with Gasteiger partial charge in [0.2, 0.25) is 0 Å². The Labute approximate surface area is 130 Å². The maximum absolute atomic E-state index is 11.7. The quantitative estimate of drug-likeness (QED) is 0.364. The minimum Gasteiger partial charge on any atom is -0.503 e. The first kappa shape index (κ1) is 17.0. The zero-order valence-corrected chi connectivity index (χ0v) is 13.1. The summed E-state index contributed by atoms with van der Waals surface area (Å²) in [5.41, 5.74) is 0.350. The van der Waals surface area contributed by atoms with Crippen molar-refractivity contribution in [3.63, 3.8) is 0 Å². The summed E-state index contributed by atoms with van der Waals surface area (Å²) < 4.78 is 15.0. The van der Waals surface area contributed by atoms with Gasteiger partial charge in [-0.15, -0.1) is 0 Å². The van der Waals surface area contributed by atoms with E-state index in [-0.39, 0.29) is 30.3 Å². The molecule has 0 bridgehead atoms. The zero-order chi connectivity index (χ0) is 15.8. The Bertz CT molecular complexity index is 592. The maximum atomic E-state index is 11.7. The highest BCUT2D eigenvalue weighted by Crippen LogP contribution is 2.35. The lowest BCUT2D eigenvalue weighted by molar-refractivity contribution is -0.139. The molecule has 0 unspecified atom stereocenters. The number of rotatable bonds is 6. The molecule has 7 heteroatoms. The molecule has 1 rings (SSSR count). The Morgan fingerprint density at radius 1 is 1.43 bits per heavy atom. The molecule has 0 atom stereocenters. The van der Waals surface area contributed by atoms with Crippen molar-refractivity contribution in [1.29, 1.82) is 5.26 Å². The van der Waals surface area contributed by atoms with E-state index in [2.05, 4.69) is 15.9 Å². The minimum atomic E-state index is -0.738. The highest BCUT2D eigenvalue weighted by atomic mass is 79.9. The van der Waals surface area contributed by atoms with Crippen molar-refractivity contribution >= 4 is 28.0 Å². The summed E-state index contributed by atoms with van der Waals surface area (Å²) in [5.74, 6) is -0.575. The van der Waals surface area contributed by atoms with E-state index < -0.39 is 5.97 Å². The van der Waals surface area contributed by atoms with Crippen molar-refractivity contribution in [3.05, 3.63) is 27.7 Å². The van der Waals surface area contributed by atoms with E-state index >= 15 is 0 Å². The Morgan fingerprint density at radius 3 is 2.71 bits per heavy atom. The van der Waals surface area contributed by atoms with Gasteiger partial charge in [0.25, 0.3) is 0 Å². The molecule has 1 aromatic rings. The van der Waals surface area contributed by atoms with E-state index in [0.717, 1.165) is 0 Å². The molecule has 1 aromatic carbocycles. The third kappa shape index (κ3) is 4.77. The number of phenolic OH excluding ortho intramolecular Hbond substituents is 1. The van der Waals surface area contributed by atoms with Gasteiger partial charge in [0.1, 0.15) is 18.2 Å². The summed E-state index contributed by atoms with van der Waals surface area (Å²) in [7, 11) is 2.88. The molecule has 0 aliphatic rings. The van der Waals surface area contributed by atoms with Crippen LogP contribution in [-0.2, 0) is 14.3 Å². The number of hydrogen-bond donors (Lipinski definition) is 1. The average Bonchev–Trinajstić information content (AvgIpc) is 2.48. The lowest BCUT2D eigenvalue weighted by Crippen LogP contribution is -2.11. The lowest BCUT2D eigenvalue weighted by Gasteiger charge is -2.07. The molecule has 0 saturated carbocycles. The van der Waals surface area contributed by atoms with E-state index in [4.69, 9.17) is 19.5 Å². The first-order valence-corrected chi connectivity index (χ1v) is 6.67. The Kier molecular flexibility index (Phi) is 6.72. The van der Waals surface area contributed by atoms with Gasteiger partial charge in [-0.05, 0) is 39.7 Å². The molecule has 0 heterocycles. The Morgan fingerprint density at radius 2 is 2.14 bits per heavy atom. The number of carbonyl (C=O) groups is 1. The van der Waals surface area contributed by atoms with Crippen molar-refractivity contribution in [1.82, 2.24) is 0 Å². The molecule has 0 saturated heterocycles. The van der Waals surface area contributed by atoms with E-state index in [1.807, 2.05) is 0 Å². The predicted molar refractivity (Wildman–Crippen MR) is 78.8 cm³/mol. The second-order valence-electron chi connectivity index (χ2n) is 3.85. The second-order valence-corrected chi connectivity index (χ2v) is 4.71. The predicted octanol–water partition coefficient (Wildman–Crippen LogP) is 2.26. The summed E-state index contributed by atoms with van der Waals surface area (Å²) in [6.07, 6.45) is 1.35. The van der Waals surface area contributed by atoms with Gasteiger partial charge in [0.05, 0.1) is 18.2 Å². The first-order valence-electron chi connectivity index (χ1n) is 5.87. The molecule has 0 fully saturated rings. The summed E-state index contributed by atoms with van der Waals surface area (Å²) in [6.45, 7) is 0.319. The molecule has 0 spiro atoms. The van der Waals surface area contributed by atoms with E-state index in [1.165, 1.54) is 26.4 Å². The first-order chi connectivity index (χ1) is 10.0. The van der Waals surface area contributed by atoms with Gasteiger partial charge in [0, 0.05) is 7.11 Å². The van der Waals surface area contributed by atoms with Crippen LogP contribution in [0.15, 0.2) is 22.2 Å². The molecule has 6 nitrogen and oxygen atoms in total. The number of halogens is 1. The van der Waals surface area contributed by atoms with Crippen molar-refractivity contribution in [3.8, 4) is 17.6 Å². The van der Waals surface area contributed by atoms with Crippen LogP contribution in [0.4, 0.5) is 0 Å². The molecular formula is C14H14BrNO5. The fourth-order valence-electron chi connectivity index (χ4n) is 1.43. The van der Waals surface area contributed by atoms with Gasteiger partial charge in [-0.2, -0.15) is 5.26 Å². The van der Waals surface area contributed by atoms with Crippen LogP contribution in [0.1, 0.15) is 5.56 Å². The number of esters is 1. The molecule has 0 aliphatic carbocycles. The molecule has 0 amide bonds. The largest absolute Gasteiger partial charge is 0.503 e. The minimum absolute atomic E-state index is 0.0594. The van der Waals surface area contributed by atoms with Crippen molar-refractivity contribution < 1.29 is 24.1 Å². The van der Waals surface area contributed by atoms with Crippen LogP contribution in [-0.4, -0.2) is 38.5 Å². The summed E-state index contributed by atoms with van der Waals surface area (Å²) >= 11 is 3.16. The smallest absolute Gasteiger partial charge is 0.348 e. The standard InChI is InChI=1S/C14H14BrNO5/c1-19-3-4-21-14(18)10(8-16)5-9-6-11(15)13(17)12(7-9)20-2/h5-7,17H,3-4H2,1-2H3/b10-5+. The van der Waals surface area contributed by atoms with Gasteiger partial charge >= 0.3 is 5.97 Å². The molecule has 0 radical (unpaired) electrons. The van der Waals surface area contributed by atoms with Crippen molar-refractivity contribution in [2.24, 2.45) is 0 Å².